The first-order valence-corrected chi connectivity index (χ1v) is 11.3. The fourth-order valence-electron chi connectivity index (χ4n) is 3.00. The van der Waals surface area contributed by atoms with E-state index in [-0.39, 0.29) is 18.4 Å². The van der Waals surface area contributed by atoms with E-state index < -0.39 is 0 Å². The predicted molar refractivity (Wildman–Crippen MR) is 127 cm³/mol. The van der Waals surface area contributed by atoms with Crippen LogP contribution in [0.5, 0.6) is 5.75 Å². The third kappa shape index (κ3) is 9.55. The molecule has 6 nitrogen and oxygen atoms in total. The van der Waals surface area contributed by atoms with Crippen LogP contribution in [0.2, 0.25) is 0 Å². The molecule has 2 aromatic carbocycles. The summed E-state index contributed by atoms with van der Waals surface area (Å²) in [6, 6.07) is 14.5. The van der Waals surface area contributed by atoms with Gasteiger partial charge in [0.15, 0.2) is 0 Å². The summed E-state index contributed by atoms with van der Waals surface area (Å²) >= 11 is 0. The Kier molecular flexibility index (Phi) is 11.0. The Balaban J connectivity index is 1.69. The van der Waals surface area contributed by atoms with E-state index in [1.807, 2.05) is 31.2 Å². The van der Waals surface area contributed by atoms with Gasteiger partial charge in [-0.25, -0.2) is 0 Å². The first-order valence-electron chi connectivity index (χ1n) is 11.3. The second kappa shape index (κ2) is 14.1. The van der Waals surface area contributed by atoms with Crippen molar-refractivity contribution < 1.29 is 14.3 Å². The van der Waals surface area contributed by atoms with E-state index in [1.165, 1.54) is 25.7 Å². The molecule has 2 rings (SSSR count). The summed E-state index contributed by atoms with van der Waals surface area (Å²) in [6.07, 6.45) is 6.95. The molecule has 0 spiro atoms. The standard InChI is InChI=1S/C25H35N3O3/c1-3-5-6-7-8-18-31-23-15-13-22(14-16-23)28-24(29)19-27-21-11-9-20(10-12-21)25(30)26-17-4-2/h9-16,27H,3-8,17-19H2,1-2H3,(H,26,30)(H,28,29). The molecule has 168 valence electrons. The number of anilines is 2. The molecule has 0 aromatic heterocycles. The molecule has 0 radical (unpaired) electrons. The zero-order valence-electron chi connectivity index (χ0n) is 18.7. The lowest BCUT2D eigenvalue weighted by molar-refractivity contribution is -0.114. The number of amides is 2. The van der Waals surface area contributed by atoms with Crippen LogP contribution in [0.1, 0.15) is 62.7 Å². The number of hydrogen-bond donors (Lipinski definition) is 3. The summed E-state index contributed by atoms with van der Waals surface area (Å²) in [4.78, 5) is 24.1. The zero-order chi connectivity index (χ0) is 22.3. The minimum absolute atomic E-state index is 0.0879. The maximum Gasteiger partial charge on any atom is 0.251 e. The average molecular weight is 426 g/mol. The number of carbonyl (C=O) groups is 2. The molecule has 0 aliphatic carbocycles. The highest BCUT2D eigenvalue weighted by Gasteiger charge is 2.06. The molecule has 0 fully saturated rings. The third-order valence-corrected chi connectivity index (χ3v) is 4.79. The predicted octanol–water partition coefficient (Wildman–Crippen LogP) is 5.23. The van der Waals surface area contributed by atoms with E-state index in [0.29, 0.717) is 12.1 Å². The molecule has 6 heteroatoms. The molecule has 0 saturated heterocycles. The highest BCUT2D eigenvalue weighted by molar-refractivity contribution is 5.95. The van der Waals surface area contributed by atoms with Gasteiger partial charge in [-0.2, -0.15) is 0 Å². The molecule has 3 N–H and O–H groups in total. The van der Waals surface area contributed by atoms with Gasteiger partial charge < -0.3 is 20.7 Å². The summed E-state index contributed by atoms with van der Waals surface area (Å²) in [5, 5.41) is 8.77. The maximum atomic E-state index is 12.2. The van der Waals surface area contributed by atoms with Gasteiger partial charge in [-0.15, -0.1) is 0 Å². The molecule has 2 amide bonds. The molecule has 0 saturated carbocycles. The van der Waals surface area contributed by atoms with Gasteiger partial charge >= 0.3 is 0 Å². The smallest absolute Gasteiger partial charge is 0.251 e. The normalized spacial score (nSPS) is 10.4. The molecule has 2 aromatic rings. The molecule has 0 aliphatic rings. The second-order valence-corrected chi connectivity index (χ2v) is 7.52. The number of unbranched alkanes of at least 4 members (excludes halogenated alkanes) is 4. The lowest BCUT2D eigenvalue weighted by Crippen LogP contribution is -2.24. The molecular weight excluding hydrogens is 390 g/mol. The Hall–Kier alpha value is -3.02. The Morgan fingerprint density at radius 3 is 2.16 bits per heavy atom. The van der Waals surface area contributed by atoms with Gasteiger partial charge in [0.25, 0.3) is 5.91 Å². The van der Waals surface area contributed by atoms with Crippen LogP contribution in [0, 0.1) is 0 Å². The quantitative estimate of drug-likeness (QED) is 0.362. The van der Waals surface area contributed by atoms with Gasteiger partial charge in [-0.1, -0.05) is 39.5 Å². The minimum Gasteiger partial charge on any atom is -0.494 e. The largest absolute Gasteiger partial charge is 0.494 e. The van der Waals surface area contributed by atoms with Gasteiger partial charge in [0.2, 0.25) is 5.91 Å². The summed E-state index contributed by atoms with van der Waals surface area (Å²) in [5.41, 5.74) is 2.11. The zero-order valence-corrected chi connectivity index (χ0v) is 18.7. The van der Waals surface area contributed by atoms with Crippen molar-refractivity contribution in [1.82, 2.24) is 5.32 Å². The van der Waals surface area contributed by atoms with Crippen LogP contribution in [0.25, 0.3) is 0 Å². The van der Waals surface area contributed by atoms with Crippen molar-refractivity contribution >= 4 is 23.2 Å². The number of carbonyl (C=O) groups excluding carboxylic acids is 2. The fraction of sp³-hybridized carbons (Fsp3) is 0.440. The number of nitrogens with one attached hydrogen (secondary N) is 3. The lowest BCUT2D eigenvalue weighted by Gasteiger charge is -2.10. The second-order valence-electron chi connectivity index (χ2n) is 7.52. The lowest BCUT2D eigenvalue weighted by atomic mass is 10.2. The van der Waals surface area contributed by atoms with Gasteiger partial charge in [-0.3, -0.25) is 9.59 Å². The van der Waals surface area contributed by atoms with Crippen molar-refractivity contribution in [2.24, 2.45) is 0 Å². The Bertz CT molecular complexity index is 789. The van der Waals surface area contributed by atoms with E-state index in [1.54, 1.807) is 24.3 Å². The van der Waals surface area contributed by atoms with Crippen LogP contribution in [0.4, 0.5) is 11.4 Å². The fourth-order valence-corrected chi connectivity index (χ4v) is 3.00. The summed E-state index contributed by atoms with van der Waals surface area (Å²) < 4.78 is 5.75. The summed E-state index contributed by atoms with van der Waals surface area (Å²) in [5.74, 6) is 0.582. The van der Waals surface area contributed by atoms with Crippen LogP contribution < -0.4 is 20.7 Å². The molecular formula is C25H35N3O3. The number of benzene rings is 2. The first kappa shape index (κ1) is 24.3. The number of rotatable bonds is 14. The van der Waals surface area contributed by atoms with Crippen molar-refractivity contribution in [2.75, 3.05) is 30.3 Å². The SMILES string of the molecule is CCCCCCCOc1ccc(NC(=O)CNc2ccc(C(=O)NCCC)cc2)cc1. The highest BCUT2D eigenvalue weighted by atomic mass is 16.5. The molecule has 0 atom stereocenters. The van der Waals surface area contributed by atoms with Crippen LogP contribution in [-0.2, 0) is 4.79 Å². The summed E-state index contributed by atoms with van der Waals surface area (Å²) in [7, 11) is 0. The van der Waals surface area contributed by atoms with Crippen molar-refractivity contribution in [3.63, 3.8) is 0 Å². The minimum atomic E-state index is -0.144. The van der Waals surface area contributed by atoms with Crippen LogP contribution in [0.3, 0.4) is 0 Å². The van der Waals surface area contributed by atoms with E-state index in [4.69, 9.17) is 4.74 Å². The van der Waals surface area contributed by atoms with Gasteiger partial charge in [0.05, 0.1) is 13.2 Å². The van der Waals surface area contributed by atoms with Crippen molar-refractivity contribution in [1.29, 1.82) is 0 Å². The van der Waals surface area contributed by atoms with Crippen LogP contribution >= 0.6 is 0 Å². The number of ether oxygens (including phenoxy) is 1. The van der Waals surface area contributed by atoms with Gasteiger partial charge in [0, 0.05) is 23.5 Å². The van der Waals surface area contributed by atoms with E-state index in [2.05, 4.69) is 22.9 Å². The number of hydrogen-bond acceptors (Lipinski definition) is 4. The Morgan fingerprint density at radius 1 is 0.806 bits per heavy atom. The summed E-state index contributed by atoms with van der Waals surface area (Å²) in [6.45, 7) is 5.73. The van der Waals surface area contributed by atoms with Crippen molar-refractivity contribution in [3.8, 4) is 5.75 Å². The van der Waals surface area contributed by atoms with E-state index in [0.717, 1.165) is 36.6 Å². The van der Waals surface area contributed by atoms with E-state index in [9.17, 15) is 9.59 Å². The van der Waals surface area contributed by atoms with Crippen molar-refractivity contribution in [2.45, 2.75) is 52.4 Å². The van der Waals surface area contributed by atoms with Crippen molar-refractivity contribution in [3.05, 3.63) is 54.1 Å². The van der Waals surface area contributed by atoms with Crippen LogP contribution in [0.15, 0.2) is 48.5 Å². The topological polar surface area (TPSA) is 79.5 Å². The van der Waals surface area contributed by atoms with Crippen LogP contribution in [-0.4, -0.2) is 31.5 Å². The molecule has 0 heterocycles. The third-order valence-electron chi connectivity index (χ3n) is 4.79. The molecule has 31 heavy (non-hydrogen) atoms. The van der Waals surface area contributed by atoms with Gasteiger partial charge in [0.1, 0.15) is 5.75 Å². The van der Waals surface area contributed by atoms with Gasteiger partial charge in [-0.05, 0) is 61.4 Å². The molecule has 0 bridgehead atoms. The highest BCUT2D eigenvalue weighted by Crippen LogP contribution is 2.16. The molecule has 0 unspecified atom stereocenters. The first-order chi connectivity index (χ1) is 15.1. The molecule has 0 aliphatic heterocycles. The Morgan fingerprint density at radius 2 is 1.48 bits per heavy atom. The van der Waals surface area contributed by atoms with E-state index >= 15 is 0 Å². The Labute approximate surface area is 185 Å². The maximum absolute atomic E-state index is 12.2. The monoisotopic (exact) mass is 425 g/mol. The average Bonchev–Trinajstić information content (AvgIpc) is 2.80.